The lowest BCUT2D eigenvalue weighted by atomic mass is 10.3. The summed E-state index contributed by atoms with van der Waals surface area (Å²) in [6.45, 7) is -0.286. The maximum atomic E-state index is 12.9. The molecule has 0 N–H and O–H groups in total. The Kier molecular flexibility index (Phi) is 3.05. The number of aromatic nitrogens is 1. The van der Waals surface area contributed by atoms with E-state index in [1.54, 1.807) is 18.2 Å². The third kappa shape index (κ3) is 2.31. The smallest absolute Gasteiger partial charge is 0.307 e. The van der Waals surface area contributed by atoms with Gasteiger partial charge in [-0.05, 0) is 18.2 Å². The Morgan fingerprint density at radius 2 is 2.20 bits per heavy atom. The molecule has 2 heterocycles. The SMILES string of the molecule is O=C1CC(S(=O)(=O)F)CN1c1nc2ccc(Br)cc2o1. The van der Waals surface area contributed by atoms with Crippen molar-refractivity contribution in [3.8, 4) is 0 Å². The van der Waals surface area contributed by atoms with E-state index in [0.717, 1.165) is 9.37 Å². The average Bonchev–Trinajstić information content (AvgIpc) is 2.90. The molecule has 1 aliphatic heterocycles. The summed E-state index contributed by atoms with van der Waals surface area (Å²) < 4.78 is 40.9. The summed E-state index contributed by atoms with van der Waals surface area (Å²) in [5.74, 6) is -0.526. The molecule has 6 nitrogen and oxygen atoms in total. The van der Waals surface area contributed by atoms with Gasteiger partial charge in [0, 0.05) is 10.9 Å². The molecule has 1 aromatic heterocycles. The second-order valence-electron chi connectivity index (χ2n) is 4.41. The molecule has 2 aromatic rings. The Morgan fingerprint density at radius 3 is 2.85 bits per heavy atom. The fourth-order valence-electron chi connectivity index (χ4n) is 2.05. The van der Waals surface area contributed by atoms with Crippen LogP contribution < -0.4 is 4.90 Å². The van der Waals surface area contributed by atoms with E-state index < -0.39 is 27.8 Å². The van der Waals surface area contributed by atoms with Crippen molar-refractivity contribution < 1.29 is 21.5 Å². The van der Waals surface area contributed by atoms with Crippen molar-refractivity contribution in [3.63, 3.8) is 0 Å². The van der Waals surface area contributed by atoms with Crippen molar-refractivity contribution in [1.82, 2.24) is 4.98 Å². The standard InChI is InChI=1S/C11H8BrFN2O4S/c12-6-1-2-8-9(3-6)19-11(14-8)15-5-7(4-10(15)16)20(13,17)18/h1-3,7H,4-5H2. The van der Waals surface area contributed by atoms with Crippen LogP contribution in [0.1, 0.15) is 6.42 Å². The third-order valence-corrected chi connectivity index (χ3v) is 4.66. The van der Waals surface area contributed by atoms with Gasteiger partial charge in [-0.15, -0.1) is 3.89 Å². The lowest BCUT2D eigenvalue weighted by Gasteiger charge is -2.09. The largest absolute Gasteiger partial charge is 0.423 e. The predicted octanol–water partition coefficient (Wildman–Crippen LogP) is 1.99. The number of amides is 1. The molecule has 1 unspecified atom stereocenters. The first-order chi connectivity index (χ1) is 9.34. The monoisotopic (exact) mass is 362 g/mol. The fourth-order valence-corrected chi connectivity index (χ4v) is 3.06. The van der Waals surface area contributed by atoms with E-state index in [9.17, 15) is 17.1 Å². The number of nitrogens with zero attached hydrogens (tertiary/aromatic N) is 2. The number of halogens is 2. The summed E-state index contributed by atoms with van der Waals surface area (Å²) >= 11 is 3.28. The van der Waals surface area contributed by atoms with Crippen LogP contribution in [0.5, 0.6) is 0 Å². The normalized spacial score (nSPS) is 20.0. The first-order valence-electron chi connectivity index (χ1n) is 5.64. The van der Waals surface area contributed by atoms with Crippen molar-refractivity contribution in [1.29, 1.82) is 0 Å². The minimum absolute atomic E-state index is 0.0192. The molecule has 9 heteroatoms. The molecule has 0 bridgehead atoms. The van der Waals surface area contributed by atoms with Crippen LogP contribution in [0.4, 0.5) is 9.90 Å². The first kappa shape index (κ1) is 13.5. The molecular weight excluding hydrogens is 355 g/mol. The summed E-state index contributed by atoms with van der Waals surface area (Å²) in [6.07, 6.45) is -0.402. The molecule has 1 saturated heterocycles. The summed E-state index contributed by atoms with van der Waals surface area (Å²) in [4.78, 5) is 16.9. The van der Waals surface area contributed by atoms with Gasteiger partial charge in [0.25, 0.3) is 0 Å². The molecule has 0 aliphatic carbocycles. The lowest BCUT2D eigenvalue weighted by Crippen LogP contribution is -2.27. The van der Waals surface area contributed by atoms with Gasteiger partial charge in [-0.1, -0.05) is 15.9 Å². The lowest BCUT2D eigenvalue weighted by molar-refractivity contribution is -0.117. The average molecular weight is 363 g/mol. The van der Waals surface area contributed by atoms with Crippen LogP contribution in [-0.2, 0) is 15.0 Å². The van der Waals surface area contributed by atoms with Gasteiger partial charge in [0.2, 0.25) is 5.91 Å². The highest BCUT2D eigenvalue weighted by Gasteiger charge is 2.40. The molecule has 1 atom stereocenters. The van der Waals surface area contributed by atoms with E-state index in [4.69, 9.17) is 4.42 Å². The first-order valence-corrected chi connectivity index (χ1v) is 7.88. The minimum atomic E-state index is -4.75. The Bertz CT molecular complexity index is 804. The quantitative estimate of drug-likeness (QED) is 0.763. The summed E-state index contributed by atoms with van der Waals surface area (Å²) in [5, 5.41) is -1.36. The Hall–Kier alpha value is -1.48. The van der Waals surface area contributed by atoms with E-state index in [-0.39, 0.29) is 12.6 Å². The number of fused-ring (bicyclic) bond motifs is 1. The zero-order valence-electron chi connectivity index (χ0n) is 9.92. The van der Waals surface area contributed by atoms with Gasteiger partial charge in [0.05, 0.1) is 6.54 Å². The van der Waals surface area contributed by atoms with Crippen molar-refractivity contribution >= 4 is 49.2 Å². The number of hydrogen-bond acceptors (Lipinski definition) is 5. The van der Waals surface area contributed by atoms with Crippen molar-refractivity contribution in [2.75, 3.05) is 11.4 Å². The Labute approximate surface area is 121 Å². The number of carbonyl (C=O) groups is 1. The minimum Gasteiger partial charge on any atom is -0.423 e. The van der Waals surface area contributed by atoms with Gasteiger partial charge in [0.1, 0.15) is 10.8 Å². The Morgan fingerprint density at radius 1 is 1.45 bits per heavy atom. The zero-order valence-corrected chi connectivity index (χ0v) is 12.3. The number of anilines is 1. The van der Waals surface area contributed by atoms with E-state index in [2.05, 4.69) is 20.9 Å². The summed E-state index contributed by atoms with van der Waals surface area (Å²) in [5.41, 5.74) is 0.983. The van der Waals surface area contributed by atoms with E-state index >= 15 is 0 Å². The van der Waals surface area contributed by atoms with E-state index in [1.165, 1.54) is 0 Å². The van der Waals surface area contributed by atoms with Crippen LogP contribution in [-0.4, -0.2) is 31.1 Å². The van der Waals surface area contributed by atoms with E-state index in [1.807, 2.05) is 0 Å². The van der Waals surface area contributed by atoms with E-state index in [0.29, 0.717) is 11.1 Å². The van der Waals surface area contributed by atoms with Crippen LogP contribution >= 0.6 is 15.9 Å². The van der Waals surface area contributed by atoms with Crippen molar-refractivity contribution in [2.24, 2.45) is 0 Å². The number of carbonyl (C=O) groups excluding carboxylic acids is 1. The highest BCUT2D eigenvalue weighted by Crippen LogP contribution is 2.29. The van der Waals surface area contributed by atoms with Crippen LogP contribution in [0.25, 0.3) is 11.1 Å². The summed E-state index contributed by atoms with van der Waals surface area (Å²) in [6, 6.07) is 5.11. The number of hydrogen-bond donors (Lipinski definition) is 0. The maximum Gasteiger partial charge on any atom is 0.307 e. The molecule has 0 saturated carbocycles. The molecule has 1 amide bonds. The van der Waals surface area contributed by atoms with Gasteiger partial charge < -0.3 is 4.42 Å². The van der Waals surface area contributed by atoms with Gasteiger partial charge in [0.15, 0.2) is 5.58 Å². The van der Waals surface area contributed by atoms with Gasteiger partial charge >= 0.3 is 16.2 Å². The Balaban J connectivity index is 1.97. The molecule has 20 heavy (non-hydrogen) atoms. The second kappa shape index (κ2) is 4.52. The molecular formula is C11H8BrFN2O4S. The maximum absolute atomic E-state index is 12.9. The topological polar surface area (TPSA) is 80.5 Å². The molecule has 3 rings (SSSR count). The highest BCUT2D eigenvalue weighted by atomic mass is 79.9. The molecule has 0 radical (unpaired) electrons. The van der Waals surface area contributed by atoms with Gasteiger partial charge in [-0.3, -0.25) is 9.69 Å². The summed E-state index contributed by atoms with van der Waals surface area (Å²) in [7, 11) is -4.75. The molecule has 1 aliphatic rings. The highest BCUT2D eigenvalue weighted by molar-refractivity contribution is 9.10. The zero-order chi connectivity index (χ0) is 14.5. The van der Waals surface area contributed by atoms with Gasteiger partial charge in [-0.25, -0.2) is 0 Å². The van der Waals surface area contributed by atoms with Crippen molar-refractivity contribution in [2.45, 2.75) is 11.7 Å². The molecule has 106 valence electrons. The molecule has 0 spiro atoms. The fraction of sp³-hybridized carbons (Fsp3) is 0.273. The van der Waals surface area contributed by atoms with Gasteiger partial charge in [-0.2, -0.15) is 13.4 Å². The van der Waals surface area contributed by atoms with Crippen molar-refractivity contribution in [3.05, 3.63) is 22.7 Å². The van der Waals surface area contributed by atoms with Crippen LogP contribution in [0.15, 0.2) is 27.1 Å². The van der Waals surface area contributed by atoms with Crippen LogP contribution in [0, 0.1) is 0 Å². The van der Waals surface area contributed by atoms with Crippen LogP contribution in [0.3, 0.4) is 0 Å². The number of oxazole rings is 1. The third-order valence-electron chi connectivity index (χ3n) is 3.06. The molecule has 1 aromatic carbocycles. The number of rotatable bonds is 2. The second-order valence-corrected chi connectivity index (χ2v) is 6.95. The number of benzene rings is 1. The van der Waals surface area contributed by atoms with Crippen LogP contribution in [0.2, 0.25) is 0 Å². The predicted molar refractivity (Wildman–Crippen MR) is 72.5 cm³/mol. The molecule has 1 fully saturated rings.